The molecule has 0 amide bonds. The number of piperidine rings is 1. The number of nitrogens with zero attached hydrogens (tertiary/aromatic N) is 4. The van der Waals surface area contributed by atoms with Crippen LogP contribution in [0.25, 0.3) is 11.3 Å². The van der Waals surface area contributed by atoms with Crippen molar-refractivity contribution in [3.8, 4) is 11.3 Å². The summed E-state index contributed by atoms with van der Waals surface area (Å²) in [5.74, 6) is 1.95. The van der Waals surface area contributed by atoms with E-state index in [1.54, 1.807) is 24.5 Å². The molecule has 28 heavy (non-hydrogen) atoms. The predicted molar refractivity (Wildman–Crippen MR) is 110 cm³/mol. The van der Waals surface area contributed by atoms with E-state index in [0.29, 0.717) is 33.6 Å². The molecule has 1 aromatic carbocycles. The molecule has 0 spiro atoms. The Morgan fingerprint density at radius 1 is 1.25 bits per heavy atom. The second-order valence-corrected chi connectivity index (χ2v) is 7.88. The first-order valence-corrected chi connectivity index (χ1v) is 10.0. The summed E-state index contributed by atoms with van der Waals surface area (Å²) in [5, 5.41) is 1.13. The monoisotopic (exact) mass is 417 g/mol. The van der Waals surface area contributed by atoms with Gasteiger partial charge in [-0.05, 0) is 50.6 Å². The number of halogens is 2. The molecule has 1 saturated heterocycles. The van der Waals surface area contributed by atoms with Crippen LogP contribution >= 0.6 is 23.2 Å². The molecule has 3 heterocycles. The van der Waals surface area contributed by atoms with Gasteiger partial charge in [0.05, 0.1) is 23.0 Å². The van der Waals surface area contributed by atoms with Crippen LogP contribution in [0.5, 0.6) is 0 Å². The number of oxazole rings is 1. The number of hydrogen-bond donors (Lipinski definition) is 1. The molecule has 146 valence electrons. The number of benzene rings is 1. The Morgan fingerprint density at radius 3 is 2.89 bits per heavy atom. The molecule has 0 saturated carbocycles. The molecule has 0 radical (unpaired) electrons. The zero-order valence-corrected chi connectivity index (χ0v) is 17.0. The number of nitrogens with two attached hydrogens (primary N) is 1. The van der Waals surface area contributed by atoms with Crippen molar-refractivity contribution in [2.45, 2.75) is 31.7 Å². The molecule has 8 heteroatoms. The number of rotatable bonds is 4. The molecule has 0 bridgehead atoms. The van der Waals surface area contributed by atoms with Gasteiger partial charge in [-0.25, -0.2) is 15.0 Å². The minimum absolute atomic E-state index is 0.0433. The third kappa shape index (κ3) is 3.99. The lowest BCUT2D eigenvalue weighted by atomic mass is 9.93. The molecule has 6 nitrogen and oxygen atoms in total. The van der Waals surface area contributed by atoms with E-state index < -0.39 is 0 Å². The lowest BCUT2D eigenvalue weighted by Crippen LogP contribution is -2.36. The van der Waals surface area contributed by atoms with Crippen LogP contribution in [0.3, 0.4) is 0 Å². The Kier molecular flexibility index (Phi) is 5.53. The molecule has 1 aliphatic heterocycles. The molecule has 2 N–H and O–H groups in total. The first kappa shape index (κ1) is 19.2. The standard InChI is InChI=1S/C20H21Cl2N5O/c1-12(19-25-10-18(28-19)15-5-4-14(21)9-16(15)22)27-8-2-3-13(11-27)17-6-7-24-20(23)26-17/h4-7,9-10,12-13H,2-3,8,11H2,1H3,(H2,23,24,26). The molecular weight excluding hydrogens is 397 g/mol. The van der Waals surface area contributed by atoms with Crippen molar-refractivity contribution in [1.29, 1.82) is 0 Å². The molecule has 2 unspecified atom stereocenters. The summed E-state index contributed by atoms with van der Waals surface area (Å²) in [7, 11) is 0. The number of aromatic nitrogens is 3. The highest BCUT2D eigenvalue weighted by Crippen LogP contribution is 2.34. The lowest BCUT2D eigenvalue weighted by molar-refractivity contribution is 0.138. The number of likely N-dealkylation sites (tertiary alicyclic amines) is 1. The van der Waals surface area contributed by atoms with Crippen LogP contribution in [0.15, 0.2) is 41.1 Å². The van der Waals surface area contributed by atoms with Crippen molar-refractivity contribution in [3.63, 3.8) is 0 Å². The van der Waals surface area contributed by atoms with E-state index in [-0.39, 0.29) is 6.04 Å². The van der Waals surface area contributed by atoms with Crippen molar-refractivity contribution in [1.82, 2.24) is 19.9 Å². The third-order valence-corrected chi connectivity index (χ3v) is 5.74. The largest absolute Gasteiger partial charge is 0.439 e. The van der Waals surface area contributed by atoms with Gasteiger partial charge < -0.3 is 10.2 Å². The second-order valence-electron chi connectivity index (χ2n) is 7.04. The molecule has 1 fully saturated rings. The SMILES string of the molecule is CC(c1ncc(-c2ccc(Cl)cc2Cl)o1)N1CCCC(c2ccnc(N)n2)C1. The van der Waals surface area contributed by atoms with Gasteiger partial charge in [0, 0.05) is 29.2 Å². The van der Waals surface area contributed by atoms with Gasteiger partial charge in [0.15, 0.2) is 5.76 Å². The van der Waals surface area contributed by atoms with Crippen molar-refractivity contribution in [2.75, 3.05) is 18.8 Å². The van der Waals surface area contributed by atoms with Crippen molar-refractivity contribution in [2.24, 2.45) is 0 Å². The van der Waals surface area contributed by atoms with E-state index in [1.165, 1.54) is 0 Å². The predicted octanol–water partition coefficient (Wildman–Crippen LogP) is 4.96. The highest BCUT2D eigenvalue weighted by molar-refractivity contribution is 6.36. The van der Waals surface area contributed by atoms with Crippen LogP contribution in [0.1, 0.15) is 43.3 Å². The van der Waals surface area contributed by atoms with Crippen LogP contribution in [0.4, 0.5) is 5.95 Å². The molecule has 2 aromatic heterocycles. The topological polar surface area (TPSA) is 81.1 Å². The van der Waals surface area contributed by atoms with Gasteiger partial charge in [0.1, 0.15) is 0 Å². The van der Waals surface area contributed by atoms with Crippen LogP contribution in [0, 0.1) is 0 Å². The second kappa shape index (κ2) is 8.07. The van der Waals surface area contributed by atoms with Crippen molar-refractivity contribution >= 4 is 29.2 Å². The van der Waals surface area contributed by atoms with Crippen LogP contribution in [-0.2, 0) is 0 Å². The quantitative estimate of drug-likeness (QED) is 0.645. The summed E-state index contributed by atoms with van der Waals surface area (Å²) >= 11 is 12.3. The van der Waals surface area contributed by atoms with Gasteiger partial charge in [-0.3, -0.25) is 4.90 Å². The number of anilines is 1. The Balaban J connectivity index is 1.51. The average molecular weight is 418 g/mol. The molecule has 3 aromatic rings. The highest BCUT2D eigenvalue weighted by Gasteiger charge is 2.28. The lowest BCUT2D eigenvalue weighted by Gasteiger charge is -2.35. The maximum atomic E-state index is 6.30. The minimum Gasteiger partial charge on any atom is -0.439 e. The first-order valence-electron chi connectivity index (χ1n) is 9.25. The Labute approximate surface area is 173 Å². The third-order valence-electron chi connectivity index (χ3n) is 5.19. The van der Waals surface area contributed by atoms with Crippen LogP contribution in [-0.4, -0.2) is 32.9 Å². The van der Waals surface area contributed by atoms with E-state index in [4.69, 9.17) is 33.4 Å². The molecule has 1 aliphatic rings. The summed E-state index contributed by atoms with van der Waals surface area (Å²) in [6, 6.07) is 7.32. The number of hydrogen-bond acceptors (Lipinski definition) is 6. The van der Waals surface area contributed by atoms with E-state index in [0.717, 1.165) is 37.2 Å². The van der Waals surface area contributed by atoms with E-state index >= 15 is 0 Å². The summed E-state index contributed by atoms with van der Waals surface area (Å²) in [6.45, 7) is 3.96. The summed E-state index contributed by atoms with van der Waals surface area (Å²) in [5.41, 5.74) is 7.52. The molecule has 0 aliphatic carbocycles. The van der Waals surface area contributed by atoms with E-state index in [9.17, 15) is 0 Å². The van der Waals surface area contributed by atoms with Gasteiger partial charge in [0.25, 0.3) is 0 Å². The normalized spacial score (nSPS) is 18.9. The fourth-order valence-corrected chi connectivity index (χ4v) is 4.17. The van der Waals surface area contributed by atoms with Gasteiger partial charge in [-0.1, -0.05) is 23.2 Å². The maximum Gasteiger partial charge on any atom is 0.220 e. The summed E-state index contributed by atoms with van der Waals surface area (Å²) in [6.07, 6.45) is 5.59. The van der Waals surface area contributed by atoms with Crippen LogP contribution < -0.4 is 5.73 Å². The Hall–Kier alpha value is -2.15. The first-order chi connectivity index (χ1) is 13.5. The van der Waals surface area contributed by atoms with Crippen LogP contribution in [0.2, 0.25) is 10.0 Å². The molecule has 2 atom stereocenters. The summed E-state index contributed by atoms with van der Waals surface area (Å²) in [4.78, 5) is 15.3. The zero-order chi connectivity index (χ0) is 19.7. The fourth-order valence-electron chi connectivity index (χ4n) is 3.67. The van der Waals surface area contributed by atoms with Crippen molar-refractivity contribution in [3.05, 3.63) is 58.3 Å². The van der Waals surface area contributed by atoms with Gasteiger partial charge in [0.2, 0.25) is 11.8 Å². The zero-order valence-electron chi connectivity index (χ0n) is 15.5. The Bertz CT molecular complexity index is 977. The minimum atomic E-state index is 0.0433. The van der Waals surface area contributed by atoms with E-state index in [2.05, 4.69) is 26.8 Å². The number of nitrogen functional groups attached to an aromatic ring is 1. The van der Waals surface area contributed by atoms with Gasteiger partial charge in [-0.2, -0.15) is 0 Å². The highest BCUT2D eigenvalue weighted by atomic mass is 35.5. The molecular formula is C20H21Cl2N5O. The Morgan fingerprint density at radius 2 is 2.11 bits per heavy atom. The van der Waals surface area contributed by atoms with Crippen molar-refractivity contribution < 1.29 is 4.42 Å². The fraction of sp³-hybridized carbons (Fsp3) is 0.350. The van der Waals surface area contributed by atoms with Gasteiger partial charge in [-0.15, -0.1) is 0 Å². The maximum absolute atomic E-state index is 6.30. The molecule has 4 rings (SSSR count). The van der Waals surface area contributed by atoms with E-state index in [1.807, 2.05) is 12.1 Å². The smallest absolute Gasteiger partial charge is 0.220 e. The summed E-state index contributed by atoms with van der Waals surface area (Å²) < 4.78 is 6.04. The average Bonchev–Trinajstić information content (AvgIpc) is 3.17. The van der Waals surface area contributed by atoms with Gasteiger partial charge >= 0.3 is 0 Å².